The zero-order valence-electron chi connectivity index (χ0n) is 23.7. The van der Waals surface area contributed by atoms with Gasteiger partial charge in [0.15, 0.2) is 11.5 Å². The Hall–Kier alpha value is -4.68. The van der Waals surface area contributed by atoms with Crippen LogP contribution in [0.25, 0.3) is 22.5 Å². The fourth-order valence-corrected chi connectivity index (χ4v) is 5.68. The van der Waals surface area contributed by atoms with Gasteiger partial charge in [0.1, 0.15) is 11.1 Å². The van der Waals surface area contributed by atoms with Gasteiger partial charge in [0.2, 0.25) is 11.7 Å². The Morgan fingerprint density at radius 3 is 2.07 bits per heavy atom. The van der Waals surface area contributed by atoms with Gasteiger partial charge in [0.25, 0.3) is 5.91 Å². The molecule has 0 aliphatic carbocycles. The molecule has 0 bridgehead atoms. The van der Waals surface area contributed by atoms with E-state index in [1.807, 2.05) is 24.3 Å². The summed E-state index contributed by atoms with van der Waals surface area (Å²) in [4.78, 5) is 35.1. The molecular formula is C30H28ClN5O6S. The van der Waals surface area contributed by atoms with Crippen LogP contribution >= 0.6 is 23.4 Å². The number of thioether (sulfide) groups is 1. The van der Waals surface area contributed by atoms with Gasteiger partial charge in [0, 0.05) is 16.1 Å². The molecule has 1 fully saturated rings. The number of carbonyl (C=O) groups is 2. The van der Waals surface area contributed by atoms with Crippen LogP contribution in [0, 0.1) is 0 Å². The number of methoxy groups -OCH3 is 4. The number of nitrogens with zero attached hydrogens (tertiary/aromatic N) is 3. The molecule has 1 atom stereocenters. The molecule has 1 aliphatic heterocycles. The van der Waals surface area contributed by atoms with Gasteiger partial charge in [-0.05, 0) is 48.0 Å². The van der Waals surface area contributed by atoms with Crippen LogP contribution in [-0.2, 0) is 4.79 Å². The van der Waals surface area contributed by atoms with Gasteiger partial charge in [-0.25, -0.2) is 25.2 Å². The summed E-state index contributed by atoms with van der Waals surface area (Å²) in [7, 11) is 6.15. The van der Waals surface area contributed by atoms with E-state index in [4.69, 9.17) is 30.5 Å². The number of benzene rings is 3. The fourth-order valence-electron chi connectivity index (χ4n) is 4.45. The molecule has 0 saturated carbocycles. The smallest absolute Gasteiger partial charge is 0.340 e. The number of rotatable bonds is 9. The zero-order chi connectivity index (χ0) is 30.5. The molecule has 4 aromatic rings. The fraction of sp³-hybridized carbons (Fsp3) is 0.200. The van der Waals surface area contributed by atoms with Crippen LogP contribution < -0.4 is 29.7 Å². The van der Waals surface area contributed by atoms with Crippen LogP contribution in [0.4, 0.5) is 10.7 Å². The minimum Gasteiger partial charge on any atom is -0.497 e. The molecule has 11 nitrogen and oxygen atoms in total. The highest BCUT2D eigenvalue weighted by atomic mass is 35.5. The average molecular weight is 622 g/mol. The van der Waals surface area contributed by atoms with Gasteiger partial charge >= 0.3 is 6.03 Å². The molecule has 222 valence electrons. The molecule has 1 unspecified atom stereocenters. The minimum atomic E-state index is -0.682. The van der Waals surface area contributed by atoms with E-state index >= 15 is 0 Å². The zero-order valence-corrected chi connectivity index (χ0v) is 25.3. The maximum absolute atomic E-state index is 13.2. The Morgan fingerprint density at radius 2 is 1.49 bits per heavy atom. The first-order valence-electron chi connectivity index (χ1n) is 12.9. The van der Waals surface area contributed by atoms with Gasteiger partial charge in [-0.15, -0.1) is 11.8 Å². The lowest BCUT2D eigenvalue weighted by molar-refractivity contribution is -0.130. The van der Waals surface area contributed by atoms with Gasteiger partial charge in [-0.2, -0.15) is 0 Å². The molecule has 0 spiro atoms. The summed E-state index contributed by atoms with van der Waals surface area (Å²) in [6, 6.07) is 19.0. The van der Waals surface area contributed by atoms with E-state index in [-0.39, 0.29) is 17.6 Å². The van der Waals surface area contributed by atoms with E-state index in [0.717, 1.165) is 11.1 Å². The van der Waals surface area contributed by atoms with Crippen molar-refractivity contribution in [1.29, 1.82) is 0 Å². The summed E-state index contributed by atoms with van der Waals surface area (Å²) < 4.78 is 21.7. The first kappa shape index (κ1) is 29.8. The summed E-state index contributed by atoms with van der Waals surface area (Å²) >= 11 is 7.51. The Morgan fingerprint density at radius 1 is 0.860 bits per heavy atom. The van der Waals surface area contributed by atoms with Crippen molar-refractivity contribution >= 4 is 41.2 Å². The van der Waals surface area contributed by atoms with Crippen LogP contribution in [-0.4, -0.2) is 61.1 Å². The Balaban J connectivity index is 1.47. The van der Waals surface area contributed by atoms with Crippen molar-refractivity contribution in [3.8, 4) is 45.5 Å². The SMILES string of the molecule is COc1ccc(C2SCC(=O)N2NC(=O)Nc2nc(-c3ccc(Cl)cc3)cc(-c3cc(OC)c(OC)c(OC)c3)n2)cc1. The third kappa shape index (κ3) is 6.55. The summed E-state index contributed by atoms with van der Waals surface area (Å²) in [5.74, 6) is 1.97. The van der Waals surface area contributed by atoms with Crippen molar-refractivity contribution in [2.24, 2.45) is 0 Å². The maximum Gasteiger partial charge on any atom is 0.340 e. The van der Waals surface area contributed by atoms with Crippen molar-refractivity contribution < 1.29 is 28.5 Å². The topological polar surface area (TPSA) is 124 Å². The van der Waals surface area contributed by atoms with E-state index in [1.165, 1.54) is 38.1 Å². The number of halogens is 1. The normalized spacial score (nSPS) is 14.3. The highest BCUT2D eigenvalue weighted by Crippen LogP contribution is 2.41. The van der Waals surface area contributed by atoms with Gasteiger partial charge in [-0.3, -0.25) is 10.1 Å². The predicted molar refractivity (Wildman–Crippen MR) is 165 cm³/mol. The summed E-state index contributed by atoms with van der Waals surface area (Å²) in [5, 5.41) is 4.13. The Labute approximate surface area is 257 Å². The second kappa shape index (κ2) is 13.1. The minimum absolute atomic E-state index is 0.00833. The number of aromatic nitrogens is 2. The quantitative estimate of drug-likeness (QED) is 0.238. The van der Waals surface area contributed by atoms with Crippen molar-refractivity contribution in [2.45, 2.75) is 5.37 Å². The number of ether oxygens (including phenoxy) is 4. The number of anilines is 1. The highest BCUT2D eigenvalue weighted by Gasteiger charge is 2.34. The van der Waals surface area contributed by atoms with E-state index < -0.39 is 11.4 Å². The largest absolute Gasteiger partial charge is 0.497 e. The number of amides is 3. The van der Waals surface area contributed by atoms with Crippen LogP contribution in [0.3, 0.4) is 0 Å². The molecule has 3 aromatic carbocycles. The lowest BCUT2D eigenvalue weighted by Gasteiger charge is -2.24. The van der Waals surface area contributed by atoms with Crippen molar-refractivity contribution in [3.63, 3.8) is 0 Å². The standard InChI is InChI=1S/C30H28ClN5O6S/c1-39-21-11-7-18(8-12-21)28-36(26(37)16-43-28)35-30(38)34-29-32-22(17-5-9-20(31)10-6-17)15-23(33-29)19-13-24(40-2)27(42-4)25(14-19)41-3/h5-15,28H,16H2,1-4H3,(H2,32,33,34,35,38). The number of hydrazine groups is 1. The number of urea groups is 1. The lowest BCUT2D eigenvalue weighted by atomic mass is 10.1. The highest BCUT2D eigenvalue weighted by molar-refractivity contribution is 8.00. The van der Waals surface area contributed by atoms with Gasteiger partial charge < -0.3 is 18.9 Å². The van der Waals surface area contributed by atoms with Crippen molar-refractivity contribution in [1.82, 2.24) is 20.4 Å². The number of hydrogen-bond donors (Lipinski definition) is 2. The molecule has 13 heteroatoms. The van der Waals surface area contributed by atoms with E-state index in [0.29, 0.717) is 45.0 Å². The molecule has 3 amide bonds. The second-order valence-electron chi connectivity index (χ2n) is 9.15. The molecular weight excluding hydrogens is 594 g/mol. The third-order valence-electron chi connectivity index (χ3n) is 6.54. The van der Waals surface area contributed by atoms with Crippen LogP contribution in [0.15, 0.2) is 66.7 Å². The molecule has 1 aliphatic rings. The lowest BCUT2D eigenvalue weighted by Crippen LogP contribution is -2.46. The van der Waals surface area contributed by atoms with Crippen LogP contribution in [0.2, 0.25) is 5.02 Å². The van der Waals surface area contributed by atoms with Crippen molar-refractivity contribution in [3.05, 3.63) is 77.3 Å². The first-order chi connectivity index (χ1) is 20.8. The summed E-state index contributed by atoms with van der Waals surface area (Å²) in [6.45, 7) is 0. The molecule has 1 saturated heterocycles. The molecule has 5 rings (SSSR count). The maximum atomic E-state index is 13.2. The average Bonchev–Trinajstić information content (AvgIpc) is 3.39. The molecule has 0 radical (unpaired) electrons. The predicted octanol–water partition coefficient (Wildman–Crippen LogP) is 5.81. The first-order valence-corrected chi connectivity index (χ1v) is 14.4. The molecule has 43 heavy (non-hydrogen) atoms. The van der Waals surface area contributed by atoms with Crippen LogP contribution in [0.1, 0.15) is 10.9 Å². The third-order valence-corrected chi connectivity index (χ3v) is 8.01. The number of carbonyl (C=O) groups excluding carboxylic acids is 2. The van der Waals surface area contributed by atoms with Crippen LogP contribution in [0.5, 0.6) is 23.0 Å². The number of nitrogens with one attached hydrogen (secondary N) is 2. The van der Waals surface area contributed by atoms with E-state index in [1.54, 1.807) is 49.6 Å². The van der Waals surface area contributed by atoms with Gasteiger partial charge in [0.05, 0.1) is 45.6 Å². The number of hydrogen-bond acceptors (Lipinski definition) is 9. The van der Waals surface area contributed by atoms with E-state index in [9.17, 15) is 9.59 Å². The monoisotopic (exact) mass is 621 g/mol. The van der Waals surface area contributed by atoms with Gasteiger partial charge in [-0.1, -0.05) is 35.9 Å². The summed E-state index contributed by atoms with van der Waals surface area (Å²) in [6.07, 6.45) is 0. The second-order valence-corrected chi connectivity index (χ2v) is 10.7. The molecule has 1 aromatic heterocycles. The van der Waals surface area contributed by atoms with Crippen molar-refractivity contribution in [2.75, 3.05) is 39.5 Å². The molecule has 2 heterocycles. The Kier molecular flexibility index (Phi) is 9.07. The molecule has 2 N–H and O–H groups in total. The summed E-state index contributed by atoms with van der Waals surface area (Å²) in [5.41, 5.74) is 5.86. The van der Waals surface area contributed by atoms with E-state index in [2.05, 4.69) is 20.7 Å². The Bertz CT molecular complexity index is 1610.